The van der Waals surface area contributed by atoms with Crippen molar-refractivity contribution in [2.24, 2.45) is 0 Å². The third kappa shape index (κ3) is 7.19. The van der Waals surface area contributed by atoms with Gasteiger partial charge in [-0.15, -0.1) is 10.2 Å². The minimum Gasteiger partial charge on any atom is -0.383 e. The molecule has 146 valence electrons. The molecule has 2 aromatic rings. The third-order valence-corrected chi connectivity index (χ3v) is 4.80. The fraction of sp³-hybridized carbons (Fsp3) is 0.312. The molecular formula is C16H18N8O2S2. The van der Waals surface area contributed by atoms with Gasteiger partial charge in [0, 0.05) is 14.1 Å². The van der Waals surface area contributed by atoms with Crippen molar-refractivity contribution < 1.29 is 9.59 Å². The first kappa shape index (κ1) is 22.8. The Morgan fingerprint density at radius 2 is 2.00 bits per heavy atom. The number of hydrogen-bond donors (Lipinski definition) is 2. The highest BCUT2D eigenvalue weighted by atomic mass is 32.2. The monoisotopic (exact) mass is 418 g/mol. The quantitative estimate of drug-likeness (QED) is 0.519. The van der Waals surface area contributed by atoms with Gasteiger partial charge in [0.25, 0.3) is 0 Å². The molecule has 2 heterocycles. The maximum atomic E-state index is 11.9. The summed E-state index contributed by atoms with van der Waals surface area (Å²) in [5.74, 6) is -0.220. The van der Waals surface area contributed by atoms with Crippen molar-refractivity contribution in [1.82, 2.24) is 20.1 Å². The minimum absolute atomic E-state index is 0.0334. The van der Waals surface area contributed by atoms with Gasteiger partial charge < -0.3 is 10.6 Å². The molecule has 10 nitrogen and oxygen atoms in total. The number of nitrogens with two attached hydrogens (primary N) is 1. The minimum atomic E-state index is -0.289. The summed E-state index contributed by atoms with van der Waals surface area (Å²) >= 11 is 2.38. The Bertz CT molecular complexity index is 914. The van der Waals surface area contributed by atoms with Gasteiger partial charge >= 0.3 is 0 Å². The summed E-state index contributed by atoms with van der Waals surface area (Å²) in [5.41, 5.74) is 5.97. The Kier molecular flexibility index (Phi) is 9.36. The van der Waals surface area contributed by atoms with Gasteiger partial charge in [-0.1, -0.05) is 30.0 Å². The van der Waals surface area contributed by atoms with Crippen LogP contribution in [0.25, 0.3) is 0 Å². The maximum absolute atomic E-state index is 11.9. The number of carbonyl (C=O) groups is 2. The number of amides is 2. The number of nitrogens with zero attached hydrogens (tertiary/aromatic N) is 6. The number of nitriles is 2. The summed E-state index contributed by atoms with van der Waals surface area (Å²) in [7, 11) is 3.38. The van der Waals surface area contributed by atoms with E-state index in [0.717, 1.165) is 29.6 Å². The van der Waals surface area contributed by atoms with Gasteiger partial charge in [-0.05, 0) is 12.5 Å². The second kappa shape index (κ2) is 11.5. The van der Waals surface area contributed by atoms with Crippen LogP contribution in [0.5, 0.6) is 0 Å². The number of nitrogens with one attached hydrogen (secondary N) is 1. The molecule has 0 aliphatic rings. The number of aryl methyl sites for hydroxylation is 1. The number of pyridine rings is 1. The summed E-state index contributed by atoms with van der Waals surface area (Å²) < 4.78 is 0. The molecule has 0 fully saturated rings. The number of rotatable bonds is 6. The van der Waals surface area contributed by atoms with E-state index in [-0.39, 0.29) is 28.6 Å². The molecule has 0 spiro atoms. The van der Waals surface area contributed by atoms with Gasteiger partial charge in [0.1, 0.15) is 28.0 Å². The van der Waals surface area contributed by atoms with Gasteiger partial charge in [-0.2, -0.15) is 10.5 Å². The van der Waals surface area contributed by atoms with Crippen LogP contribution >= 0.6 is 23.1 Å². The smallest absolute Gasteiger partial charge is 0.236 e. The van der Waals surface area contributed by atoms with Crippen molar-refractivity contribution in [3.8, 4) is 12.1 Å². The number of aromatic nitrogens is 3. The average molecular weight is 419 g/mol. The SMILES string of the molecule is CCc1nnc(NC(=O)CSc2nc(N)c(C#N)cc2C#N)s1.CN(C)C=O. The van der Waals surface area contributed by atoms with Gasteiger partial charge in [0.15, 0.2) is 0 Å². The molecule has 0 radical (unpaired) electrons. The molecule has 28 heavy (non-hydrogen) atoms. The Labute approximate surface area is 170 Å². The largest absolute Gasteiger partial charge is 0.383 e. The van der Waals surface area contributed by atoms with E-state index in [1.807, 2.05) is 19.1 Å². The lowest BCUT2D eigenvalue weighted by molar-refractivity contribution is -0.116. The Balaban J connectivity index is 0.000000696. The summed E-state index contributed by atoms with van der Waals surface area (Å²) in [6.07, 6.45) is 1.50. The molecule has 0 unspecified atom stereocenters. The van der Waals surface area contributed by atoms with Gasteiger partial charge in [0.2, 0.25) is 17.4 Å². The van der Waals surface area contributed by atoms with Crippen molar-refractivity contribution in [3.05, 3.63) is 22.2 Å². The Hall–Kier alpha value is -3.22. The van der Waals surface area contributed by atoms with E-state index in [2.05, 4.69) is 20.5 Å². The van der Waals surface area contributed by atoms with E-state index in [1.165, 1.54) is 22.3 Å². The Morgan fingerprint density at radius 3 is 2.50 bits per heavy atom. The molecule has 2 rings (SSSR count). The standard InChI is InChI=1S/C13H11N7OS2.C3H7NO/c1-2-10-19-20-13(23-10)17-9(21)6-22-12-8(5-15)3-7(4-14)11(16)18-12;1-4(2)3-5/h3H,2,6H2,1H3,(H2,16,18)(H,17,20,21);3H,1-2H3. The van der Waals surface area contributed by atoms with Crippen LogP contribution in [0, 0.1) is 22.7 Å². The molecule has 0 saturated heterocycles. The number of thioether (sulfide) groups is 1. The molecule has 0 saturated carbocycles. The van der Waals surface area contributed by atoms with Gasteiger partial charge in [0.05, 0.1) is 16.9 Å². The maximum Gasteiger partial charge on any atom is 0.236 e. The van der Waals surface area contributed by atoms with Crippen molar-refractivity contribution in [2.75, 3.05) is 30.9 Å². The Morgan fingerprint density at radius 1 is 1.36 bits per heavy atom. The predicted molar refractivity (Wildman–Crippen MR) is 106 cm³/mol. The summed E-state index contributed by atoms with van der Waals surface area (Å²) in [6, 6.07) is 5.16. The van der Waals surface area contributed by atoms with Gasteiger partial charge in [-0.25, -0.2) is 4.98 Å². The lowest BCUT2D eigenvalue weighted by Gasteiger charge is -2.05. The highest BCUT2D eigenvalue weighted by molar-refractivity contribution is 8.00. The molecule has 0 aliphatic carbocycles. The van der Waals surface area contributed by atoms with Crippen LogP contribution in [0.2, 0.25) is 0 Å². The second-order valence-electron chi connectivity index (χ2n) is 5.26. The number of anilines is 2. The zero-order valence-electron chi connectivity index (χ0n) is 15.5. The molecule has 0 aromatic carbocycles. The molecule has 2 aromatic heterocycles. The summed E-state index contributed by atoms with van der Waals surface area (Å²) in [4.78, 5) is 26.8. The third-order valence-electron chi connectivity index (χ3n) is 2.82. The van der Waals surface area contributed by atoms with E-state index >= 15 is 0 Å². The van der Waals surface area contributed by atoms with Crippen LogP contribution in [-0.4, -0.2) is 52.2 Å². The first-order valence-electron chi connectivity index (χ1n) is 7.82. The van der Waals surface area contributed by atoms with Crippen LogP contribution < -0.4 is 11.1 Å². The van der Waals surface area contributed by atoms with E-state index in [1.54, 1.807) is 14.1 Å². The van der Waals surface area contributed by atoms with Crippen molar-refractivity contribution in [1.29, 1.82) is 10.5 Å². The molecule has 0 aliphatic heterocycles. The zero-order chi connectivity index (χ0) is 21.1. The van der Waals surface area contributed by atoms with Crippen LogP contribution in [0.3, 0.4) is 0 Å². The van der Waals surface area contributed by atoms with Crippen LogP contribution in [0.1, 0.15) is 23.1 Å². The summed E-state index contributed by atoms with van der Waals surface area (Å²) in [5, 5.41) is 29.9. The highest BCUT2D eigenvalue weighted by Crippen LogP contribution is 2.24. The van der Waals surface area contributed by atoms with E-state index in [4.69, 9.17) is 16.3 Å². The number of nitrogen functional groups attached to an aromatic ring is 1. The molecule has 2 amide bonds. The highest BCUT2D eigenvalue weighted by Gasteiger charge is 2.13. The fourth-order valence-corrected chi connectivity index (χ4v) is 2.98. The summed E-state index contributed by atoms with van der Waals surface area (Å²) in [6.45, 7) is 1.95. The van der Waals surface area contributed by atoms with E-state index < -0.39 is 0 Å². The van der Waals surface area contributed by atoms with E-state index in [9.17, 15) is 9.59 Å². The molecule has 0 bridgehead atoms. The normalized spacial score (nSPS) is 9.32. The molecular weight excluding hydrogens is 400 g/mol. The lowest BCUT2D eigenvalue weighted by Crippen LogP contribution is -2.14. The second-order valence-corrected chi connectivity index (χ2v) is 7.28. The van der Waals surface area contributed by atoms with Gasteiger partial charge in [-0.3, -0.25) is 14.9 Å². The van der Waals surface area contributed by atoms with E-state index in [0.29, 0.717) is 10.2 Å². The predicted octanol–water partition coefficient (Wildman–Crippen LogP) is 1.26. The van der Waals surface area contributed by atoms with Crippen LogP contribution in [0.4, 0.5) is 10.9 Å². The molecule has 0 atom stereocenters. The molecule has 12 heteroatoms. The van der Waals surface area contributed by atoms with Crippen molar-refractivity contribution in [3.63, 3.8) is 0 Å². The van der Waals surface area contributed by atoms with Crippen LogP contribution in [0.15, 0.2) is 11.1 Å². The fourth-order valence-electron chi connectivity index (χ4n) is 1.53. The lowest BCUT2D eigenvalue weighted by atomic mass is 10.2. The van der Waals surface area contributed by atoms with Crippen LogP contribution in [-0.2, 0) is 16.0 Å². The number of hydrogen-bond acceptors (Lipinski definition) is 10. The van der Waals surface area contributed by atoms with Crippen molar-refractivity contribution >= 4 is 46.4 Å². The zero-order valence-corrected chi connectivity index (χ0v) is 17.1. The first-order valence-corrected chi connectivity index (χ1v) is 9.62. The topological polar surface area (TPSA) is 162 Å². The molecule has 3 N–H and O–H groups in total. The number of carbonyl (C=O) groups excluding carboxylic acids is 2. The van der Waals surface area contributed by atoms with Crippen molar-refractivity contribution in [2.45, 2.75) is 18.4 Å². The average Bonchev–Trinajstić information content (AvgIpc) is 3.14. The first-order chi connectivity index (χ1) is 13.3.